The predicted molar refractivity (Wildman–Crippen MR) is 108 cm³/mol. The molecule has 4 rings (SSSR count). The smallest absolute Gasteiger partial charge is 0.336 e. The minimum atomic E-state index is -0.337. The minimum absolute atomic E-state index is 0.337. The van der Waals surface area contributed by atoms with E-state index in [-0.39, 0.29) is 5.63 Å². The van der Waals surface area contributed by atoms with Crippen molar-refractivity contribution in [3.05, 3.63) is 82.4 Å². The second-order valence-electron chi connectivity index (χ2n) is 6.25. The van der Waals surface area contributed by atoms with Crippen molar-refractivity contribution in [3.63, 3.8) is 0 Å². The van der Waals surface area contributed by atoms with Crippen LogP contribution in [-0.4, -0.2) is 0 Å². The van der Waals surface area contributed by atoms with E-state index in [1.807, 2.05) is 32.1 Å². The van der Waals surface area contributed by atoms with Crippen molar-refractivity contribution in [2.24, 2.45) is 0 Å². The largest absolute Gasteiger partial charge is 0.457 e. The van der Waals surface area contributed by atoms with Crippen molar-refractivity contribution in [2.45, 2.75) is 13.8 Å². The van der Waals surface area contributed by atoms with E-state index < -0.39 is 0 Å². The maximum atomic E-state index is 11.0. The third-order valence-corrected chi connectivity index (χ3v) is 4.14. The van der Waals surface area contributed by atoms with Crippen LogP contribution in [0.5, 0.6) is 11.5 Å². The van der Waals surface area contributed by atoms with Crippen LogP contribution in [0.3, 0.4) is 0 Å². The van der Waals surface area contributed by atoms with Gasteiger partial charge in [0.15, 0.2) is 0 Å². The van der Waals surface area contributed by atoms with Gasteiger partial charge in [0.1, 0.15) is 22.8 Å². The number of anilines is 1. The summed E-state index contributed by atoms with van der Waals surface area (Å²) in [5, 5.41) is 9.31. The first-order chi connectivity index (χ1) is 13.4. The molecule has 1 aliphatic rings. The third kappa shape index (κ3) is 4.05. The molecule has 2 N–H and O–H groups in total. The molecule has 6 heteroatoms. The van der Waals surface area contributed by atoms with Gasteiger partial charge in [-0.25, -0.2) is 4.79 Å². The van der Waals surface area contributed by atoms with Gasteiger partial charge in [0.25, 0.3) is 6.26 Å². The lowest BCUT2D eigenvalue weighted by molar-refractivity contribution is 0.434. The summed E-state index contributed by atoms with van der Waals surface area (Å²) in [6.45, 7) is 7.59. The summed E-state index contributed by atoms with van der Waals surface area (Å²) in [5.74, 6) is 1.74. The lowest BCUT2D eigenvalue weighted by Gasteiger charge is -2.17. The van der Waals surface area contributed by atoms with Crippen molar-refractivity contribution in [3.8, 4) is 17.8 Å². The van der Waals surface area contributed by atoms with Crippen LogP contribution in [0.1, 0.15) is 18.1 Å². The van der Waals surface area contributed by atoms with Crippen LogP contribution in [0.4, 0.5) is 5.69 Å². The van der Waals surface area contributed by atoms with E-state index in [0.717, 1.165) is 22.1 Å². The van der Waals surface area contributed by atoms with E-state index in [4.69, 9.17) is 24.9 Å². The van der Waals surface area contributed by atoms with E-state index in [0.29, 0.717) is 28.5 Å². The molecule has 0 atom stereocenters. The summed E-state index contributed by atoms with van der Waals surface area (Å²) in [5.41, 5.74) is 9.36. The topological polar surface area (TPSA) is 98.5 Å². The maximum absolute atomic E-state index is 11.0. The van der Waals surface area contributed by atoms with Crippen LogP contribution in [0.15, 0.2) is 70.1 Å². The Morgan fingerprint density at radius 2 is 1.93 bits per heavy atom. The lowest BCUT2D eigenvalue weighted by Crippen LogP contribution is -2.00. The summed E-state index contributed by atoms with van der Waals surface area (Å²) in [7, 11) is 0. The molecule has 0 saturated carbocycles. The molecule has 0 spiro atoms. The van der Waals surface area contributed by atoms with Crippen LogP contribution in [0.2, 0.25) is 0 Å². The van der Waals surface area contributed by atoms with Gasteiger partial charge in [-0.3, -0.25) is 0 Å². The van der Waals surface area contributed by atoms with Crippen molar-refractivity contribution in [1.82, 2.24) is 0 Å². The van der Waals surface area contributed by atoms with Gasteiger partial charge in [0, 0.05) is 34.8 Å². The molecular weight excluding hydrogens is 356 g/mol. The Morgan fingerprint density at radius 3 is 2.68 bits per heavy atom. The second kappa shape index (κ2) is 7.72. The van der Waals surface area contributed by atoms with Crippen LogP contribution in [0, 0.1) is 18.4 Å². The number of benzene rings is 2. The Balaban J connectivity index is 0.000000162. The summed E-state index contributed by atoms with van der Waals surface area (Å²) >= 11 is 0. The third-order valence-electron chi connectivity index (χ3n) is 4.14. The molecular formula is C22H18N2O4. The molecule has 0 radical (unpaired) electrons. The van der Waals surface area contributed by atoms with Crippen LogP contribution < -0.4 is 20.8 Å². The number of nitriles is 1. The van der Waals surface area contributed by atoms with Gasteiger partial charge in [-0.2, -0.15) is 0 Å². The van der Waals surface area contributed by atoms with E-state index in [9.17, 15) is 4.79 Å². The van der Waals surface area contributed by atoms with Gasteiger partial charge in [-0.1, -0.05) is 6.58 Å². The number of aryl methyl sites for hydroxylation is 1. The molecule has 1 aromatic heterocycles. The number of nitrogens with two attached hydrogens (primary N) is 1. The zero-order valence-corrected chi connectivity index (χ0v) is 15.5. The van der Waals surface area contributed by atoms with E-state index in [1.165, 1.54) is 6.07 Å². The number of nitrogen functional groups attached to an aromatic ring is 1. The van der Waals surface area contributed by atoms with Crippen LogP contribution in [-0.2, 0) is 0 Å². The van der Waals surface area contributed by atoms with Crippen molar-refractivity contribution >= 4 is 22.2 Å². The fourth-order valence-electron chi connectivity index (χ4n) is 2.86. The average Bonchev–Trinajstić information content (AvgIpc) is 2.61. The highest BCUT2D eigenvalue weighted by Gasteiger charge is 2.13. The molecule has 0 aliphatic carbocycles. The quantitative estimate of drug-likeness (QED) is 0.381. The number of hydrogen-bond donors (Lipinski definition) is 1. The van der Waals surface area contributed by atoms with Crippen molar-refractivity contribution < 1.29 is 13.9 Å². The van der Waals surface area contributed by atoms with Gasteiger partial charge in [0.2, 0.25) is 0 Å². The molecule has 0 saturated heterocycles. The van der Waals surface area contributed by atoms with Gasteiger partial charge in [-0.05, 0) is 55.3 Å². The molecule has 0 bridgehead atoms. The highest BCUT2D eigenvalue weighted by atomic mass is 16.5. The predicted octanol–water partition coefficient (Wildman–Crippen LogP) is 4.54. The molecule has 140 valence electrons. The SMILES string of the molecule is C=C1C=C(C)c2ccc(OC#N)cc2O1.Cc1cc(=O)oc2cc(N)ccc12. The molecule has 0 fully saturated rings. The summed E-state index contributed by atoms with van der Waals surface area (Å²) in [4.78, 5) is 11.0. The molecule has 0 unspecified atom stereocenters. The second-order valence-corrected chi connectivity index (χ2v) is 6.25. The first-order valence-corrected chi connectivity index (χ1v) is 8.43. The maximum Gasteiger partial charge on any atom is 0.336 e. The Bertz CT molecular complexity index is 1200. The monoisotopic (exact) mass is 374 g/mol. The van der Waals surface area contributed by atoms with Gasteiger partial charge >= 0.3 is 5.63 Å². The summed E-state index contributed by atoms with van der Waals surface area (Å²) in [6, 6.07) is 12.0. The zero-order valence-electron chi connectivity index (χ0n) is 15.5. The van der Waals surface area contributed by atoms with Crippen molar-refractivity contribution in [1.29, 1.82) is 5.26 Å². The Labute approximate surface area is 161 Å². The Hall–Kier alpha value is -3.98. The van der Waals surface area contributed by atoms with Gasteiger partial charge in [-0.15, -0.1) is 5.26 Å². The first-order valence-electron chi connectivity index (χ1n) is 8.43. The minimum Gasteiger partial charge on any atom is -0.457 e. The van der Waals surface area contributed by atoms with E-state index in [1.54, 1.807) is 30.5 Å². The fraction of sp³-hybridized carbons (Fsp3) is 0.0909. The molecule has 28 heavy (non-hydrogen) atoms. The number of allylic oxidation sites excluding steroid dienone is 2. The number of nitrogens with zero attached hydrogens (tertiary/aromatic N) is 1. The van der Waals surface area contributed by atoms with Gasteiger partial charge < -0.3 is 19.6 Å². The number of hydrogen-bond acceptors (Lipinski definition) is 6. The molecule has 3 aromatic rings. The molecule has 2 heterocycles. The van der Waals surface area contributed by atoms with Crippen molar-refractivity contribution in [2.75, 3.05) is 5.73 Å². The molecule has 0 amide bonds. The first kappa shape index (κ1) is 18.8. The number of fused-ring (bicyclic) bond motifs is 2. The highest BCUT2D eigenvalue weighted by molar-refractivity contribution is 5.82. The van der Waals surface area contributed by atoms with Gasteiger partial charge in [0.05, 0.1) is 0 Å². The van der Waals surface area contributed by atoms with Crippen LogP contribution in [0.25, 0.3) is 16.5 Å². The Morgan fingerprint density at radius 1 is 1.14 bits per heavy atom. The van der Waals surface area contributed by atoms with E-state index in [2.05, 4.69) is 6.58 Å². The summed E-state index contributed by atoms with van der Waals surface area (Å²) in [6.07, 6.45) is 3.49. The Kier molecular flexibility index (Phi) is 5.18. The number of ether oxygens (including phenoxy) is 2. The highest BCUT2D eigenvalue weighted by Crippen LogP contribution is 2.35. The normalized spacial score (nSPS) is 12.0. The molecule has 6 nitrogen and oxygen atoms in total. The van der Waals surface area contributed by atoms with E-state index >= 15 is 0 Å². The molecule has 1 aliphatic heterocycles. The standard InChI is InChI=1S/C12H9NO2.C10H9NO2/c1-8-5-9(2)15-12-6-10(14-7-13)3-4-11(8)12;1-6-4-10(12)13-9-5-7(11)2-3-8(6)9/h3-6H,2H2,1H3;2-5H,11H2,1H3. The zero-order chi connectivity index (χ0) is 20.3. The van der Waals surface area contributed by atoms with Crippen LogP contribution >= 0.6 is 0 Å². The lowest BCUT2D eigenvalue weighted by atomic mass is 10.0. The molecule has 2 aromatic carbocycles. The number of rotatable bonds is 1. The summed E-state index contributed by atoms with van der Waals surface area (Å²) < 4.78 is 15.1. The average molecular weight is 374 g/mol. The fourth-order valence-corrected chi connectivity index (χ4v) is 2.86.